The van der Waals surface area contributed by atoms with Crippen LogP contribution in [0.3, 0.4) is 0 Å². The first-order valence-electron chi connectivity index (χ1n) is 9.16. The van der Waals surface area contributed by atoms with Crippen molar-refractivity contribution < 1.29 is 4.79 Å². The lowest BCUT2D eigenvalue weighted by molar-refractivity contribution is -0.129. The molecule has 1 aliphatic rings. The second-order valence-corrected chi connectivity index (χ2v) is 8.42. The molecule has 0 radical (unpaired) electrons. The summed E-state index contributed by atoms with van der Waals surface area (Å²) in [5.74, 6) is 0.0166. The summed E-state index contributed by atoms with van der Waals surface area (Å²) in [6.45, 7) is 6.76. The van der Waals surface area contributed by atoms with Crippen LogP contribution >= 0.6 is 22.9 Å². The van der Waals surface area contributed by atoms with Crippen LogP contribution in [0.15, 0.2) is 27.8 Å². The molecule has 0 aliphatic carbocycles. The molecule has 8 heteroatoms. The van der Waals surface area contributed by atoms with Crippen LogP contribution in [0.2, 0.25) is 5.02 Å². The minimum Gasteiger partial charge on any atom is -0.337 e. The highest BCUT2D eigenvalue weighted by atomic mass is 35.5. The summed E-state index contributed by atoms with van der Waals surface area (Å²) in [5.41, 5.74) is 1.47. The van der Waals surface area contributed by atoms with Crippen molar-refractivity contribution in [2.45, 2.75) is 40.3 Å². The summed E-state index contributed by atoms with van der Waals surface area (Å²) in [6.07, 6.45) is 0.612. The molecule has 28 heavy (non-hydrogen) atoms. The Hall–Kier alpha value is -2.38. The molecule has 146 valence electrons. The fraction of sp³-hybridized carbons (Fsp3) is 0.350. The quantitative estimate of drug-likeness (QED) is 0.643. The van der Waals surface area contributed by atoms with Crippen LogP contribution in [0.4, 0.5) is 0 Å². The second kappa shape index (κ2) is 6.90. The Morgan fingerprint density at radius 2 is 2.04 bits per heavy atom. The topological polar surface area (TPSA) is 64.3 Å². The first kappa shape index (κ1) is 19.0. The van der Waals surface area contributed by atoms with Gasteiger partial charge in [-0.3, -0.25) is 14.2 Å². The summed E-state index contributed by atoms with van der Waals surface area (Å²) in [4.78, 5) is 41.9. The third-order valence-corrected chi connectivity index (χ3v) is 7.01. The molecule has 0 spiro atoms. The van der Waals surface area contributed by atoms with Crippen molar-refractivity contribution in [3.05, 3.63) is 60.1 Å². The zero-order chi connectivity index (χ0) is 20.2. The van der Waals surface area contributed by atoms with Crippen LogP contribution in [-0.4, -0.2) is 26.5 Å². The van der Waals surface area contributed by atoms with Gasteiger partial charge in [0.25, 0.3) is 5.56 Å². The zero-order valence-corrected chi connectivity index (χ0v) is 17.5. The number of thiophene rings is 1. The van der Waals surface area contributed by atoms with Gasteiger partial charge in [0, 0.05) is 29.9 Å². The van der Waals surface area contributed by atoms with Crippen molar-refractivity contribution in [3.63, 3.8) is 0 Å². The highest BCUT2D eigenvalue weighted by molar-refractivity contribution is 7.18. The predicted molar refractivity (Wildman–Crippen MR) is 112 cm³/mol. The van der Waals surface area contributed by atoms with Gasteiger partial charge in [-0.25, -0.2) is 9.36 Å². The molecule has 6 nitrogen and oxygen atoms in total. The van der Waals surface area contributed by atoms with E-state index in [1.165, 1.54) is 15.9 Å². The molecule has 0 fully saturated rings. The standard InChI is InChI=1S/C20H20ClN3O3S/c1-4-23-19-17(13-8-9-22(12(3)25)10-16(13)28-19)18(26)24(20(23)27)15-7-5-6-14(21)11(15)2/h5-7H,4,8-10H2,1-3H3. The van der Waals surface area contributed by atoms with Crippen LogP contribution in [0.1, 0.15) is 29.9 Å². The Labute approximate surface area is 170 Å². The van der Waals surface area contributed by atoms with E-state index in [4.69, 9.17) is 11.6 Å². The maximum atomic E-state index is 13.5. The van der Waals surface area contributed by atoms with E-state index in [0.29, 0.717) is 52.5 Å². The molecule has 0 N–H and O–H groups in total. The number of halogens is 1. The van der Waals surface area contributed by atoms with Gasteiger partial charge in [0.15, 0.2) is 0 Å². The average Bonchev–Trinajstić information content (AvgIpc) is 3.04. The van der Waals surface area contributed by atoms with Gasteiger partial charge in [-0.1, -0.05) is 17.7 Å². The molecule has 1 aromatic carbocycles. The van der Waals surface area contributed by atoms with E-state index < -0.39 is 0 Å². The lowest BCUT2D eigenvalue weighted by atomic mass is 10.1. The van der Waals surface area contributed by atoms with Gasteiger partial charge in [-0.05, 0) is 43.5 Å². The fourth-order valence-electron chi connectivity index (χ4n) is 3.80. The summed E-state index contributed by atoms with van der Waals surface area (Å²) >= 11 is 7.68. The molecule has 4 rings (SSSR count). The third-order valence-electron chi connectivity index (χ3n) is 5.36. The van der Waals surface area contributed by atoms with Gasteiger partial charge in [0.1, 0.15) is 4.83 Å². The molecule has 1 amide bonds. The highest BCUT2D eigenvalue weighted by Crippen LogP contribution is 2.33. The summed E-state index contributed by atoms with van der Waals surface area (Å²) < 4.78 is 2.87. The number of amides is 1. The fourth-order valence-corrected chi connectivity index (χ4v) is 5.39. The molecule has 3 aromatic rings. The van der Waals surface area contributed by atoms with E-state index in [1.807, 2.05) is 6.92 Å². The van der Waals surface area contributed by atoms with E-state index >= 15 is 0 Å². The van der Waals surface area contributed by atoms with Gasteiger partial charge in [0.2, 0.25) is 5.91 Å². The maximum Gasteiger partial charge on any atom is 0.336 e. The normalized spacial score (nSPS) is 13.8. The minimum atomic E-state index is -0.368. The van der Waals surface area contributed by atoms with Gasteiger partial charge in [0.05, 0.1) is 17.6 Å². The predicted octanol–water partition coefficient (Wildman–Crippen LogP) is 3.10. The van der Waals surface area contributed by atoms with Crippen molar-refractivity contribution in [2.75, 3.05) is 6.54 Å². The Balaban J connectivity index is 2.07. The van der Waals surface area contributed by atoms with E-state index in [2.05, 4.69) is 0 Å². The number of hydrogen-bond acceptors (Lipinski definition) is 4. The van der Waals surface area contributed by atoms with Crippen molar-refractivity contribution in [1.29, 1.82) is 0 Å². The van der Waals surface area contributed by atoms with Crippen LogP contribution in [-0.2, 0) is 24.3 Å². The van der Waals surface area contributed by atoms with Gasteiger partial charge >= 0.3 is 5.69 Å². The number of benzene rings is 1. The van der Waals surface area contributed by atoms with Crippen molar-refractivity contribution in [3.8, 4) is 5.69 Å². The smallest absolute Gasteiger partial charge is 0.336 e. The van der Waals surface area contributed by atoms with E-state index in [1.54, 1.807) is 41.5 Å². The van der Waals surface area contributed by atoms with Crippen LogP contribution in [0.25, 0.3) is 15.9 Å². The number of carbonyl (C=O) groups is 1. The Kier molecular flexibility index (Phi) is 4.67. The van der Waals surface area contributed by atoms with Gasteiger partial charge < -0.3 is 4.90 Å². The lowest BCUT2D eigenvalue weighted by Crippen LogP contribution is -2.39. The minimum absolute atomic E-state index is 0.0166. The van der Waals surface area contributed by atoms with Gasteiger partial charge in [-0.2, -0.15) is 0 Å². The molecule has 3 heterocycles. The second-order valence-electron chi connectivity index (χ2n) is 6.93. The number of hydrogen-bond donors (Lipinski definition) is 0. The number of nitrogens with zero attached hydrogens (tertiary/aromatic N) is 3. The lowest BCUT2D eigenvalue weighted by Gasteiger charge is -2.25. The number of aromatic nitrogens is 2. The first-order chi connectivity index (χ1) is 13.3. The first-order valence-corrected chi connectivity index (χ1v) is 10.4. The summed E-state index contributed by atoms with van der Waals surface area (Å²) in [6, 6.07) is 5.22. The summed E-state index contributed by atoms with van der Waals surface area (Å²) in [7, 11) is 0. The Morgan fingerprint density at radius 3 is 2.71 bits per heavy atom. The summed E-state index contributed by atoms with van der Waals surface area (Å²) in [5, 5.41) is 1.10. The molecule has 0 unspecified atom stereocenters. The van der Waals surface area contributed by atoms with Crippen LogP contribution < -0.4 is 11.2 Å². The number of aryl methyl sites for hydroxylation is 1. The molecule has 0 bridgehead atoms. The molecular formula is C20H20ClN3O3S. The molecule has 0 saturated carbocycles. The molecule has 0 saturated heterocycles. The van der Waals surface area contributed by atoms with E-state index in [0.717, 1.165) is 10.4 Å². The SMILES string of the molecule is CCn1c(=O)n(-c2cccc(Cl)c2C)c(=O)c2c3c(sc21)CN(C(C)=O)CC3. The van der Waals surface area contributed by atoms with Crippen molar-refractivity contribution in [2.24, 2.45) is 0 Å². The monoisotopic (exact) mass is 417 g/mol. The highest BCUT2D eigenvalue weighted by Gasteiger charge is 2.27. The number of rotatable bonds is 2. The zero-order valence-electron chi connectivity index (χ0n) is 15.9. The van der Waals surface area contributed by atoms with Crippen LogP contribution in [0.5, 0.6) is 0 Å². The molecule has 0 atom stereocenters. The molecular weight excluding hydrogens is 398 g/mol. The Bertz CT molecular complexity index is 1240. The number of fused-ring (bicyclic) bond motifs is 3. The molecule has 2 aromatic heterocycles. The average molecular weight is 418 g/mol. The van der Waals surface area contributed by atoms with Gasteiger partial charge in [-0.15, -0.1) is 11.3 Å². The van der Waals surface area contributed by atoms with Crippen molar-refractivity contribution >= 4 is 39.1 Å². The number of carbonyl (C=O) groups excluding carboxylic acids is 1. The Morgan fingerprint density at radius 1 is 1.29 bits per heavy atom. The van der Waals surface area contributed by atoms with Crippen LogP contribution in [0, 0.1) is 6.92 Å². The largest absolute Gasteiger partial charge is 0.337 e. The maximum absolute atomic E-state index is 13.5. The third kappa shape index (κ3) is 2.72. The molecule has 1 aliphatic heterocycles. The van der Waals surface area contributed by atoms with E-state index in [-0.39, 0.29) is 17.2 Å². The van der Waals surface area contributed by atoms with E-state index in [9.17, 15) is 14.4 Å². The van der Waals surface area contributed by atoms with Crippen molar-refractivity contribution in [1.82, 2.24) is 14.0 Å².